The van der Waals surface area contributed by atoms with Crippen molar-refractivity contribution in [2.75, 3.05) is 12.4 Å². The third-order valence-corrected chi connectivity index (χ3v) is 3.24. The number of benzene rings is 1. The van der Waals surface area contributed by atoms with Crippen LogP contribution in [0.15, 0.2) is 28.7 Å². The van der Waals surface area contributed by atoms with Crippen LogP contribution >= 0.6 is 15.9 Å². The van der Waals surface area contributed by atoms with E-state index in [-0.39, 0.29) is 12.4 Å². The molecule has 6 heteroatoms. The topological polar surface area (TPSA) is 69.4 Å². The first-order chi connectivity index (χ1) is 6.99. The lowest BCUT2D eigenvalue weighted by atomic mass is 10.2. The number of hydrogen-bond acceptors (Lipinski definition) is 3. The average Bonchev–Trinajstić information content (AvgIpc) is 2.13. The Hall–Kier alpha value is -0.430. The molecule has 1 rings (SSSR count). The Bertz CT molecular complexity index is 419. The second kappa shape index (κ2) is 5.60. The molecule has 0 unspecified atom stereocenters. The Morgan fingerprint density at radius 2 is 2.00 bits per heavy atom. The molecule has 0 spiro atoms. The van der Waals surface area contributed by atoms with E-state index in [1.54, 1.807) is 0 Å². The molecule has 0 aliphatic heterocycles. The van der Waals surface area contributed by atoms with E-state index in [9.17, 15) is 8.42 Å². The van der Waals surface area contributed by atoms with Gasteiger partial charge in [-0.15, -0.1) is 0 Å². The highest BCUT2D eigenvalue weighted by molar-refractivity contribution is 9.10. The number of halogens is 1. The summed E-state index contributed by atoms with van der Waals surface area (Å²) in [5.41, 5.74) is 0.979. The van der Waals surface area contributed by atoms with Crippen molar-refractivity contribution in [1.82, 2.24) is 0 Å². The Labute approximate surface area is 97.6 Å². The van der Waals surface area contributed by atoms with E-state index in [1.165, 1.54) is 0 Å². The minimum absolute atomic E-state index is 0.111. The smallest absolute Gasteiger partial charge is 0.211 e. The maximum Gasteiger partial charge on any atom is 0.211 e. The first kappa shape index (κ1) is 12.6. The monoisotopic (exact) mass is 293 g/mol. The number of primary sulfonamides is 1. The average molecular weight is 294 g/mol. The lowest BCUT2D eigenvalue weighted by Crippen LogP contribution is -2.20. The predicted octanol–water partition coefficient (Wildman–Crippen LogP) is 1.25. The van der Waals surface area contributed by atoms with Crippen LogP contribution in [0.2, 0.25) is 0 Å². The number of ether oxygens (including phenoxy) is 1. The fourth-order valence-corrected chi connectivity index (χ4v) is 1.72. The zero-order valence-corrected chi connectivity index (χ0v) is 10.4. The molecule has 4 nitrogen and oxygen atoms in total. The van der Waals surface area contributed by atoms with E-state index < -0.39 is 10.0 Å². The molecule has 0 aliphatic rings. The van der Waals surface area contributed by atoms with Crippen molar-refractivity contribution in [3.05, 3.63) is 34.3 Å². The summed E-state index contributed by atoms with van der Waals surface area (Å²) >= 11 is 3.36. The molecule has 1 aromatic rings. The van der Waals surface area contributed by atoms with Crippen LogP contribution in [0, 0.1) is 0 Å². The molecule has 0 saturated carbocycles. The zero-order chi connectivity index (χ0) is 11.3. The normalized spacial score (nSPS) is 11.6. The Morgan fingerprint density at radius 1 is 1.33 bits per heavy atom. The van der Waals surface area contributed by atoms with Crippen LogP contribution in [-0.2, 0) is 21.4 Å². The van der Waals surface area contributed by atoms with Crippen LogP contribution < -0.4 is 5.14 Å². The van der Waals surface area contributed by atoms with Crippen molar-refractivity contribution in [3.8, 4) is 0 Å². The molecule has 0 saturated heterocycles. The SMILES string of the molecule is NS(=O)(=O)CCOCc1ccccc1Br. The Kier molecular flexibility index (Phi) is 4.72. The fourth-order valence-electron chi connectivity index (χ4n) is 0.973. The molecule has 0 radical (unpaired) electrons. The predicted molar refractivity (Wildman–Crippen MR) is 61.8 cm³/mol. The maximum absolute atomic E-state index is 10.6. The summed E-state index contributed by atoms with van der Waals surface area (Å²) in [6.45, 7) is 0.483. The van der Waals surface area contributed by atoms with E-state index >= 15 is 0 Å². The van der Waals surface area contributed by atoms with Crippen LogP contribution in [0.5, 0.6) is 0 Å². The molecule has 1 aromatic carbocycles. The number of hydrogen-bond donors (Lipinski definition) is 1. The second-order valence-corrected chi connectivity index (χ2v) is 5.60. The van der Waals surface area contributed by atoms with Crippen LogP contribution in [-0.4, -0.2) is 20.8 Å². The summed E-state index contributed by atoms with van der Waals surface area (Å²) in [6, 6.07) is 7.60. The van der Waals surface area contributed by atoms with Gasteiger partial charge in [-0.3, -0.25) is 0 Å². The van der Waals surface area contributed by atoms with Gasteiger partial charge in [-0.2, -0.15) is 0 Å². The summed E-state index contributed by atoms with van der Waals surface area (Å²) in [5, 5.41) is 4.83. The maximum atomic E-state index is 10.6. The molecule has 0 aromatic heterocycles. The Morgan fingerprint density at radius 3 is 2.60 bits per heavy atom. The molecular weight excluding hydrogens is 282 g/mol. The van der Waals surface area contributed by atoms with Crippen molar-refractivity contribution in [2.24, 2.45) is 5.14 Å². The van der Waals surface area contributed by atoms with Gasteiger partial charge < -0.3 is 4.74 Å². The first-order valence-corrected chi connectivity index (χ1v) is 6.81. The van der Waals surface area contributed by atoms with Crippen LogP contribution in [0.1, 0.15) is 5.56 Å². The largest absolute Gasteiger partial charge is 0.376 e. The summed E-state index contributed by atoms with van der Waals surface area (Å²) in [7, 11) is -3.43. The lowest BCUT2D eigenvalue weighted by molar-refractivity contribution is 0.135. The minimum atomic E-state index is -3.43. The molecule has 0 atom stereocenters. The van der Waals surface area contributed by atoms with Gasteiger partial charge in [0, 0.05) is 4.47 Å². The summed E-state index contributed by atoms with van der Waals surface area (Å²) in [6.07, 6.45) is 0. The standard InChI is InChI=1S/C9H12BrNO3S/c10-9-4-2-1-3-8(9)7-14-5-6-15(11,12)13/h1-4H,5-7H2,(H2,11,12,13). The third-order valence-electron chi connectivity index (χ3n) is 1.73. The zero-order valence-electron chi connectivity index (χ0n) is 8.02. The first-order valence-electron chi connectivity index (χ1n) is 4.30. The van der Waals surface area contributed by atoms with Crippen molar-refractivity contribution in [1.29, 1.82) is 0 Å². The van der Waals surface area contributed by atoms with Gasteiger partial charge in [0.05, 0.1) is 19.0 Å². The van der Waals surface area contributed by atoms with E-state index in [0.717, 1.165) is 10.0 Å². The molecule has 0 heterocycles. The quantitative estimate of drug-likeness (QED) is 0.831. The molecule has 2 N–H and O–H groups in total. The molecule has 0 amide bonds. The van der Waals surface area contributed by atoms with Gasteiger partial charge in [-0.25, -0.2) is 13.6 Å². The van der Waals surface area contributed by atoms with Gasteiger partial charge in [0.25, 0.3) is 0 Å². The molecule has 0 aliphatic carbocycles. The van der Waals surface area contributed by atoms with Crippen LogP contribution in [0.25, 0.3) is 0 Å². The van der Waals surface area contributed by atoms with Gasteiger partial charge >= 0.3 is 0 Å². The molecule has 0 fully saturated rings. The van der Waals surface area contributed by atoms with Gasteiger partial charge in [-0.05, 0) is 11.6 Å². The number of sulfonamides is 1. The summed E-state index contributed by atoms with van der Waals surface area (Å²) < 4.78 is 27.3. The van der Waals surface area contributed by atoms with E-state index in [1.807, 2.05) is 24.3 Å². The van der Waals surface area contributed by atoms with Gasteiger partial charge in [0.1, 0.15) is 0 Å². The molecule has 84 valence electrons. The Balaban J connectivity index is 2.36. The van der Waals surface area contributed by atoms with Crippen molar-refractivity contribution >= 4 is 26.0 Å². The van der Waals surface area contributed by atoms with E-state index in [2.05, 4.69) is 15.9 Å². The van der Waals surface area contributed by atoms with Crippen molar-refractivity contribution < 1.29 is 13.2 Å². The van der Waals surface area contributed by atoms with E-state index in [4.69, 9.17) is 9.88 Å². The summed E-state index contributed by atoms with van der Waals surface area (Å²) in [5.74, 6) is -0.155. The third kappa shape index (κ3) is 5.27. The van der Waals surface area contributed by atoms with Gasteiger partial charge in [0.2, 0.25) is 10.0 Å². The minimum Gasteiger partial charge on any atom is -0.376 e. The number of rotatable bonds is 5. The highest BCUT2D eigenvalue weighted by atomic mass is 79.9. The fraction of sp³-hybridized carbons (Fsp3) is 0.333. The lowest BCUT2D eigenvalue weighted by Gasteiger charge is -2.05. The highest BCUT2D eigenvalue weighted by Crippen LogP contribution is 2.16. The second-order valence-electron chi connectivity index (χ2n) is 3.01. The van der Waals surface area contributed by atoms with Gasteiger partial charge in [-0.1, -0.05) is 34.1 Å². The van der Waals surface area contributed by atoms with Crippen molar-refractivity contribution in [3.63, 3.8) is 0 Å². The summed E-state index contributed by atoms with van der Waals surface area (Å²) in [4.78, 5) is 0. The van der Waals surface area contributed by atoms with E-state index in [0.29, 0.717) is 6.61 Å². The van der Waals surface area contributed by atoms with Crippen LogP contribution in [0.3, 0.4) is 0 Å². The van der Waals surface area contributed by atoms with Crippen LogP contribution in [0.4, 0.5) is 0 Å². The highest BCUT2D eigenvalue weighted by Gasteiger charge is 2.03. The number of nitrogens with two attached hydrogens (primary N) is 1. The van der Waals surface area contributed by atoms with Crippen molar-refractivity contribution in [2.45, 2.75) is 6.61 Å². The molecular formula is C9H12BrNO3S. The van der Waals surface area contributed by atoms with Gasteiger partial charge in [0.15, 0.2) is 0 Å². The molecule has 0 bridgehead atoms. The molecule has 15 heavy (non-hydrogen) atoms.